The maximum absolute atomic E-state index is 12.2. The first-order valence-corrected chi connectivity index (χ1v) is 6.71. The van der Waals surface area contributed by atoms with Crippen LogP contribution in [0, 0.1) is 0 Å². The fraction of sp³-hybridized carbons (Fsp3) is 0.333. The van der Waals surface area contributed by atoms with Crippen LogP contribution in [0.25, 0.3) is 11.1 Å². The van der Waals surface area contributed by atoms with Crippen LogP contribution in [-0.2, 0) is 13.0 Å². The highest BCUT2D eigenvalue weighted by atomic mass is 16.5. The van der Waals surface area contributed by atoms with E-state index < -0.39 is 0 Å². The molecule has 1 aliphatic rings. The standard InChI is InChI=1S/C15H16N2O3/c1-20-11-6-4-5-10(9-11)13-12-7-2-3-8-17(12)15(19)16-14(13)18/h4-6,9H,2-3,7-8H2,1H3,(H,16,18,19). The van der Waals surface area contributed by atoms with Crippen molar-refractivity contribution in [2.75, 3.05) is 7.11 Å². The number of nitrogens with one attached hydrogen (secondary N) is 1. The molecule has 0 saturated heterocycles. The predicted octanol–water partition coefficient (Wildman–Crippen LogP) is 1.55. The van der Waals surface area contributed by atoms with Crippen LogP contribution in [0.15, 0.2) is 33.9 Å². The monoisotopic (exact) mass is 272 g/mol. The molecule has 1 aliphatic heterocycles. The Bertz CT molecular complexity index is 758. The van der Waals surface area contributed by atoms with E-state index >= 15 is 0 Å². The number of nitrogens with zero attached hydrogens (tertiary/aromatic N) is 1. The molecule has 0 atom stereocenters. The first kappa shape index (κ1) is 12.7. The SMILES string of the molecule is COc1cccc(-c2c3n(c(=O)[nH]c2=O)CCCC3)c1. The summed E-state index contributed by atoms with van der Waals surface area (Å²) in [5.74, 6) is 0.697. The molecule has 1 aromatic heterocycles. The highest BCUT2D eigenvalue weighted by Gasteiger charge is 2.19. The Balaban J connectivity index is 2.28. The van der Waals surface area contributed by atoms with E-state index in [1.54, 1.807) is 11.7 Å². The van der Waals surface area contributed by atoms with Crippen LogP contribution in [-0.4, -0.2) is 16.7 Å². The minimum atomic E-state index is -0.323. The lowest BCUT2D eigenvalue weighted by molar-refractivity contribution is 0.415. The summed E-state index contributed by atoms with van der Waals surface area (Å²) in [6.07, 6.45) is 2.72. The summed E-state index contributed by atoms with van der Waals surface area (Å²) in [4.78, 5) is 26.5. The second kappa shape index (κ2) is 5.00. The number of ether oxygens (including phenoxy) is 1. The van der Waals surface area contributed by atoms with Gasteiger partial charge in [-0.25, -0.2) is 4.79 Å². The smallest absolute Gasteiger partial charge is 0.328 e. The van der Waals surface area contributed by atoms with E-state index in [2.05, 4.69) is 4.98 Å². The van der Waals surface area contributed by atoms with Crippen molar-refractivity contribution in [1.29, 1.82) is 0 Å². The Morgan fingerprint density at radius 3 is 2.90 bits per heavy atom. The maximum Gasteiger partial charge on any atom is 0.328 e. The average molecular weight is 272 g/mol. The second-order valence-corrected chi connectivity index (χ2v) is 4.92. The molecule has 104 valence electrons. The van der Waals surface area contributed by atoms with E-state index in [0.717, 1.165) is 30.5 Å². The topological polar surface area (TPSA) is 64.1 Å². The minimum absolute atomic E-state index is 0.309. The molecular formula is C15H16N2O3. The fourth-order valence-electron chi connectivity index (χ4n) is 2.75. The van der Waals surface area contributed by atoms with Gasteiger partial charge in [0.05, 0.1) is 12.7 Å². The predicted molar refractivity (Wildman–Crippen MR) is 76.2 cm³/mol. The molecule has 2 heterocycles. The van der Waals surface area contributed by atoms with Gasteiger partial charge in [0.25, 0.3) is 5.56 Å². The van der Waals surface area contributed by atoms with Crippen LogP contribution in [0.3, 0.4) is 0 Å². The van der Waals surface area contributed by atoms with Gasteiger partial charge in [0.1, 0.15) is 5.75 Å². The Labute approximate surface area is 115 Å². The van der Waals surface area contributed by atoms with E-state index in [1.165, 1.54) is 0 Å². The summed E-state index contributed by atoms with van der Waals surface area (Å²) in [6, 6.07) is 7.37. The molecule has 0 spiro atoms. The highest BCUT2D eigenvalue weighted by molar-refractivity contribution is 5.66. The lowest BCUT2D eigenvalue weighted by atomic mass is 9.99. The van der Waals surface area contributed by atoms with Crippen molar-refractivity contribution in [3.63, 3.8) is 0 Å². The molecule has 0 fully saturated rings. The van der Waals surface area contributed by atoms with Crippen molar-refractivity contribution in [1.82, 2.24) is 9.55 Å². The van der Waals surface area contributed by atoms with Crippen LogP contribution >= 0.6 is 0 Å². The maximum atomic E-state index is 12.2. The molecule has 5 nitrogen and oxygen atoms in total. The van der Waals surface area contributed by atoms with Gasteiger partial charge < -0.3 is 4.74 Å². The van der Waals surface area contributed by atoms with Gasteiger partial charge in [0.15, 0.2) is 0 Å². The lowest BCUT2D eigenvalue weighted by Crippen LogP contribution is -2.35. The van der Waals surface area contributed by atoms with Gasteiger partial charge in [0, 0.05) is 12.2 Å². The summed E-state index contributed by atoms with van der Waals surface area (Å²) in [7, 11) is 1.59. The number of rotatable bonds is 2. The number of hydrogen-bond acceptors (Lipinski definition) is 3. The zero-order valence-electron chi connectivity index (χ0n) is 11.3. The van der Waals surface area contributed by atoms with Crippen molar-refractivity contribution in [2.45, 2.75) is 25.8 Å². The summed E-state index contributed by atoms with van der Waals surface area (Å²) in [5.41, 5.74) is 1.57. The van der Waals surface area contributed by atoms with Crippen LogP contribution in [0.2, 0.25) is 0 Å². The number of methoxy groups -OCH3 is 1. The average Bonchev–Trinajstić information content (AvgIpc) is 2.47. The van der Waals surface area contributed by atoms with Crippen molar-refractivity contribution < 1.29 is 4.74 Å². The van der Waals surface area contributed by atoms with E-state index in [9.17, 15) is 9.59 Å². The summed E-state index contributed by atoms with van der Waals surface area (Å²) in [5, 5.41) is 0. The molecule has 0 saturated carbocycles. The Morgan fingerprint density at radius 2 is 2.10 bits per heavy atom. The molecule has 2 aromatic rings. The number of hydrogen-bond donors (Lipinski definition) is 1. The van der Waals surface area contributed by atoms with Gasteiger partial charge in [-0.15, -0.1) is 0 Å². The van der Waals surface area contributed by atoms with Crippen LogP contribution in [0.1, 0.15) is 18.5 Å². The molecule has 3 rings (SSSR count). The number of H-pyrrole nitrogens is 1. The first-order chi connectivity index (χ1) is 9.70. The molecule has 0 amide bonds. The third kappa shape index (κ3) is 2.05. The van der Waals surface area contributed by atoms with E-state index in [-0.39, 0.29) is 11.2 Å². The second-order valence-electron chi connectivity index (χ2n) is 4.92. The largest absolute Gasteiger partial charge is 0.497 e. The number of aromatic amines is 1. The number of benzene rings is 1. The highest BCUT2D eigenvalue weighted by Crippen LogP contribution is 2.26. The third-order valence-electron chi connectivity index (χ3n) is 3.71. The summed E-state index contributed by atoms with van der Waals surface area (Å²) < 4.78 is 6.88. The van der Waals surface area contributed by atoms with Gasteiger partial charge in [-0.05, 0) is 37.0 Å². The van der Waals surface area contributed by atoms with E-state index in [4.69, 9.17) is 4.74 Å². The quantitative estimate of drug-likeness (QED) is 0.902. The molecule has 0 bridgehead atoms. The summed E-state index contributed by atoms with van der Waals surface area (Å²) >= 11 is 0. The van der Waals surface area contributed by atoms with Crippen molar-refractivity contribution in [3.05, 3.63) is 50.8 Å². The Hall–Kier alpha value is -2.30. The zero-order chi connectivity index (χ0) is 14.1. The Morgan fingerprint density at radius 1 is 1.25 bits per heavy atom. The van der Waals surface area contributed by atoms with Crippen molar-refractivity contribution >= 4 is 0 Å². The lowest BCUT2D eigenvalue weighted by Gasteiger charge is -2.20. The van der Waals surface area contributed by atoms with Crippen molar-refractivity contribution in [2.24, 2.45) is 0 Å². The van der Waals surface area contributed by atoms with E-state index in [1.807, 2.05) is 24.3 Å². The fourth-order valence-corrected chi connectivity index (χ4v) is 2.75. The van der Waals surface area contributed by atoms with Gasteiger partial charge >= 0.3 is 5.69 Å². The van der Waals surface area contributed by atoms with Crippen LogP contribution in [0.5, 0.6) is 5.75 Å². The molecule has 0 aliphatic carbocycles. The van der Waals surface area contributed by atoms with Gasteiger partial charge in [0.2, 0.25) is 0 Å². The van der Waals surface area contributed by atoms with Gasteiger partial charge in [-0.3, -0.25) is 14.3 Å². The molecular weight excluding hydrogens is 256 g/mol. The molecule has 0 unspecified atom stereocenters. The first-order valence-electron chi connectivity index (χ1n) is 6.71. The minimum Gasteiger partial charge on any atom is -0.497 e. The number of fused-ring (bicyclic) bond motifs is 1. The normalized spacial score (nSPS) is 13.8. The molecule has 1 aromatic carbocycles. The molecule has 20 heavy (non-hydrogen) atoms. The van der Waals surface area contributed by atoms with Crippen LogP contribution in [0.4, 0.5) is 0 Å². The molecule has 1 N–H and O–H groups in total. The van der Waals surface area contributed by atoms with Crippen molar-refractivity contribution in [3.8, 4) is 16.9 Å². The third-order valence-corrected chi connectivity index (χ3v) is 3.71. The number of aromatic nitrogens is 2. The molecule has 0 radical (unpaired) electrons. The van der Waals surface area contributed by atoms with E-state index in [0.29, 0.717) is 17.9 Å². The van der Waals surface area contributed by atoms with Gasteiger partial charge in [-0.1, -0.05) is 12.1 Å². The molecule has 5 heteroatoms. The zero-order valence-corrected chi connectivity index (χ0v) is 11.3. The van der Waals surface area contributed by atoms with Crippen LogP contribution < -0.4 is 16.0 Å². The Kier molecular flexibility index (Phi) is 3.18. The van der Waals surface area contributed by atoms with Gasteiger partial charge in [-0.2, -0.15) is 0 Å². The summed E-state index contributed by atoms with van der Waals surface area (Å²) in [6.45, 7) is 0.669.